The standard InChI is InChI=1S/C18H10N4O8/c23-11-4-1-3-2-5-10(20-22-21-19-5)14(26)6(3)12(24)7(4)13(25)9-8(11)15(27)17(29)18(30)16(9)28/h1-2,19-26H. The normalized spacial score (nSPS) is 11.7. The van der Waals surface area contributed by atoms with Crippen LogP contribution in [0.25, 0.3) is 43.4 Å². The summed E-state index contributed by atoms with van der Waals surface area (Å²) >= 11 is 0. The minimum absolute atomic E-state index is 0.143. The molecule has 12 heteroatoms. The van der Waals surface area contributed by atoms with E-state index < -0.39 is 60.9 Å². The third kappa shape index (κ3) is 1.88. The highest BCUT2D eigenvalue weighted by Gasteiger charge is 2.26. The highest BCUT2D eigenvalue weighted by atomic mass is 16.3. The quantitative estimate of drug-likeness (QED) is 0.0976. The van der Waals surface area contributed by atoms with Crippen molar-refractivity contribution in [1.29, 1.82) is 0 Å². The summed E-state index contributed by atoms with van der Waals surface area (Å²) < 4.78 is 0. The minimum Gasteiger partial charge on any atom is -0.506 e. The molecule has 0 radical (unpaired) electrons. The molecule has 0 atom stereocenters. The van der Waals surface area contributed by atoms with Crippen LogP contribution in [0.1, 0.15) is 0 Å². The number of phenolic OH excluding ortho intramolecular Hbond substituents is 4. The number of hydrogen-bond acceptors (Lipinski definition) is 8. The SMILES string of the molecule is O=c1c(=O)c(=O)c2c(O)c3c(O)c4c(O)c5[nH][nH][nH][nH]c5cc4cc3c(O)c2c1=O. The maximum Gasteiger partial charge on any atom is 0.277 e. The first kappa shape index (κ1) is 17.4. The van der Waals surface area contributed by atoms with Gasteiger partial charge in [-0.25, -0.2) is 10.4 Å². The minimum atomic E-state index is -1.66. The summed E-state index contributed by atoms with van der Waals surface area (Å²) in [4.78, 5) is 48.0. The van der Waals surface area contributed by atoms with Crippen LogP contribution in [-0.4, -0.2) is 41.1 Å². The lowest BCUT2D eigenvalue weighted by Crippen LogP contribution is -2.46. The molecule has 1 aromatic heterocycles. The fourth-order valence-corrected chi connectivity index (χ4v) is 3.75. The van der Waals surface area contributed by atoms with Gasteiger partial charge in [-0.2, -0.15) is 0 Å². The van der Waals surface area contributed by atoms with Crippen LogP contribution in [0.5, 0.6) is 23.0 Å². The lowest BCUT2D eigenvalue weighted by atomic mass is 9.95. The fraction of sp³-hybridized carbons (Fsp3) is 0. The summed E-state index contributed by atoms with van der Waals surface area (Å²) in [6.45, 7) is 0. The fourth-order valence-electron chi connectivity index (χ4n) is 3.75. The molecule has 1 heterocycles. The first-order valence-corrected chi connectivity index (χ1v) is 8.37. The Morgan fingerprint density at radius 2 is 1.13 bits per heavy atom. The highest BCUT2D eigenvalue weighted by molar-refractivity contribution is 6.20. The molecule has 0 aliphatic rings. The maximum absolute atomic E-state index is 12.3. The van der Waals surface area contributed by atoms with Crippen LogP contribution in [0, 0.1) is 0 Å². The molecule has 0 saturated carbocycles. The number of nitrogens with one attached hydrogen (secondary N) is 4. The van der Waals surface area contributed by atoms with Crippen LogP contribution in [0.4, 0.5) is 0 Å². The van der Waals surface area contributed by atoms with Gasteiger partial charge in [-0.15, -0.1) is 0 Å². The summed E-state index contributed by atoms with van der Waals surface area (Å²) in [6.07, 6.45) is 0. The molecule has 12 nitrogen and oxygen atoms in total. The Morgan fingerprint density at radius 1 is 0.567 bits per heavy atom. The van der Waals surface area contributed by atoms with Gasteiger partial charge in [0.05, 0.1) is 27.1 Å². The third-order valence-corrected chi connectivity index (χ3v) is 5.11. The number of phenols is 4. The molecular weight excluding hydrogens is 400 g/mol. The molecule has 0 spiro atoms. The molecule has 5 rings (SSSR count). The molecule has 0 aliphatic heterocycles. The second kappa shape index (κ2) is 5.41. The van der Waals surface area contributed by atoms with Gasteiger partial charge >= 0.3 is 0 Å². The smallest absolute Gasteiger partial charge is 0.277 e. The van der Waals surface area contributed by atoms with Crippen LogP contribution >= 0.6 is 0 Å². The molecule has 0 bridgehead atoms. The lowest BCUT2D eigenvalue weighted by molar-refractivity contribution is 0.460. The van der Waals surface area contributed by atoms with Crippen molar-refractivity contribution in [3.05, 3.63) is 53.0 Å². The largest absolute Gasteiger partial charge is 0.506 e. The van der Waals surface area contributed by atoms with E-state index in [1.807, 2.05) is 0 Å². The number of H-pyrrole nitrogens is 4. The van der Waals surface area contributed by atoms with E-state index in [1.165, 1.54) is 12.1 Å². The van der Waals surface area contributed by atoms with Crippen LogP contribution in [-0.2, 0) is 0 Å². The van der Waals surface area contributed by atoms with Crippen molar-refractivity contribution in [1.82, 2.24) is 20.6 Å². The number of hydrogen-bond donors (Lipinski definition) is 8. The summed E-state index contributed by atoms with van der Waals surface area (Å²) in [5, 5.41) is 50.6. The van der Waals surface area contributed by atoms with Gasteiger partial charge < -0.3 is 20.4 Å². The van der Waals surface area contributed by atoms with E-state index in [4.69, 9.17) is 0 Å². The van der Waals surface area contributed by atoms with Gasteiger partial charge in [0.25, 0.3) is 10.9 Å². The molecule has 0 fully saturated rings. The third-order valence-electron chi connectivity index (χ3n) is 5.11. The van der Waals surface area contributed by atoms with Crippen molar-refractivity contribution >= 4 is 43.4 Å². The van der Waals surface area contributed by atoms with E-state index in [2.05, 4.69) is 20.6 Å². The van der Waals surface area contributed by atoms with Crippen molar-refractivity contribution in [2.75, 3.05) is 0 Å². The molecule has 0 saturated heterocycles. The molecule has 150 valence electrons. The molecule has 5 aromatic rings. The summed E-state index contributed by atoms with van der Waals surface area (Å²) in [6, 6.07) is 2.71. The van der Waals surface area contributed by atoms with Crippen molar-refractivity contribution in [2.45, 2.75) is 0 Å². The zero-order valence-corrected chi connectivity index (χ0v) is 14.6. The Kier molecular flexibility index (Phi) is 3.13. The first-order valence-electron chi connectivity index (χ1n) is 8.37. The summed E-state index contributed by atoms with van der Waals surface area (Å²) in [7, 11) is 0. The van der Waals surface area contributed by atoms with Crippen LogP contribution < -0.4 is 21.7 Å². The monoisotopic (exact) mass is 410 g/mol. The van der Waals surface area contributed by atoms with Gasteiger partial charge in [0.15, 0.2) is 5.75 Å². The van der Waals surface area contributed by atoms with Crippen molar-refractivity contribution < 1.29 is 20.4 Å². The Bertz CT molecular complexity index is 1820. The first-order chi connectivity index (χ1) is 14.2. The number of aromatic nitrogens is 4. The van der Waals surface area contributed by atoms with Gasteiger partial charge in [-0.1, -0.05) is 0 Å². The Balaban J connectivity index is 2.18. The van der Waals surface area contributed by atoms with Gasteiger partial charge in [0.2, 0.25) is 10.9 Å². The molecule has 0 unspecified atom stereocenters. The lowest BCUT2D eigenvalue weighted by Gasteiger charge is -2.14. The highest BCUT2D eigenvalue weighted by Crippen LogP contribution is 2.48. The van der Waals surface area contributed by atoms with Crippen LogP contribution in [0.15, 0.2) is 31.3 Å². The molecule has 8 N–H and O–H groups in total. The van der Waals surface area contributed by atoms with Crippen molar-refractivity contribution in [3.8, 4) is 23.0 Å². The number of fused-ring (bicyclic) bond motifs is 4. The van der Waals surface area contributed by atoms with E-state index in [0.29, 0.717) is 5.52 Å². The Hall–Kier alpha value is -4.74. The van der Waals surface area contributed by atoms with E-state index in [9.17, 15) is 39.6 Å². The van der Waals surface area contributed by atoms with Crippen molar-refractivity contribution in [3.63, 3.8) is 0 Å². The molecule has 4 aromatic carbocycles. The van der Waals surface area contributed by atoms with E-state index >= 15 is 0 Å². The number of aromatic hydroxyl groups is 4. The summed E-state index contributed by atoms with van der Waals surface area (Å²) in [5.41, 5.74) is -5.73. The van der Waals surface area contributed by atoms with Gasteiger partial charge in [-0.3, -0.25) is 29.4 Å². The zero-order valence-electron chi connectivity index (χ0n) is 14.6. The maximum atomic E-state index is 12.3. The zero-order chi connectivity index (χ0) is 21.5. The predicted molar refractivity (Wildman–Crippen MR) is 106 cm³/mol. The van der Waals surface area contributed by atoms with Gasteiger partial charge in [-0.05, 0) is 17.5 Å². The molecule has 30 heavy (non-hydrogen) atoms. The number of rotatable bonds is 0. The van der Waals surface area contributed by atoms with Crippen molar-refractivity contribution in [2.24, 2.45) is 0 Å². The second-order valence-electron chi connectivity index (χ2n) is 6.66. The molecule has 0 amide bonds. The second-order valence-corrected chi connectivity index (χ2v) is 6.66. The average Bonchev–Trinajstić information content (AvgIpc) is 2.72. The van der Waals surface area contributed by atoms with Gasteiger partial charge in [0, 0.05) is 5.39 Å². The van der Waals surface area contributed by atoms with Crippen LogP contribution in [0.3, 0.4) is 0 Å². The summed E-state index contributed by atoms with van der Waals surface area (Å²) in [5.74, 6) is -2.99. The van der Waals surface area contributed by atoms with E-state index in [-0.39, 0.29) is 21.7 Å². The average molecular weight is 410 g/mol. The Labute approximate surface area is 161 Å². The van der Waals surface area contributed by atoms with Gasteiger partial charge in [0.1, 0.15) is 22.8 Å². The predicted octanol–water partition coefficient (Wildman–Crippen LogP) is -0.125. The number of benzene rings is 4. The topological polar surface area (TPSA) is 212 Å². The molecular formula is C18H10N4O8. The molecule has 0 aliphatic carbocycles. The van der Waals surface area contributed by atoms with E-state index in [0.717, 1.165) is 0 Å². The Morgan fingerprint density at radius 3 is 1.80 bits per heavy atom. The van der Waals surface area contributed by atoms with Crippen LogP contribution in [0.2, 0.25) is 0 Å². The number of aromatic amines is 4. The van der Waals surface area contributed by atoms with E-state index in [1.54, 1.807) is 0 Å².